The van der Waals surface area contributed by atoms with Crippen LogP contribution in [0.2, 0.25) is 0 Å². The number of ketones is 4. The molecule has 11 heteroatoms. The van der Waals surface area contributed by atoms with Crippen LogP contribution in [0, 0.1) is 0 Å². The molecular weight excluding hydrogens is 580 g/mol. The number of rotatable bonds is 0. The Labute approximate surface area is 224 Å². The Bertz CT molecular complexity index is 1260. The number of aromatic nitrogens is 4. The van der Waals surface area contributed by atoms with Crippen molar-refractivity contribution in [3.63, 3.8) is 0 Å². The number of fused-ring (bicyclic) bond motifs is 6. The van der Waals surface area contributed by atoms with Gasteiger partial charge in [0.2, 0.25) is 23.1 Å². The second kappa shape index (κ2) is 11.3. The third-order valence-corrected chi connectivity index (χ3v) is 5.07. The van der Waals surface area contributed by atoms with Crippen LogP contribution >= 0.6 is 0 Å². The molecule has 0 unspecified atom stereocenters. The largest absolute Gasteiger partial charge is 2.00 e. The van der Waals surface area contributed by atoms with Crippen molar-refractivity contribution in [3.8, 4) is 22.8 Å². The quantitative estimate of drug-likeness (QED) is 0.157. The average molecular weight is 592 g/mol. The summed E-state index contributed by atoms with van der Waals surface area (Å²) in [7, 11) is 0. The molecule has 0 saturated carbocycles. The summed E-state index contributed by atoms with van der Waals surface area (Å²) < 4.78 is 0. The van der Waals surface area contributed by atoms with Crippen LogP contribution in [0.15, 0.2) is 73.3 Å². The first kappa shape index (κ1) is 27.7. The molecule has 6 rings (SSSR count). The van der Waals surface area contributed by atoms with Crippen molar-refractivity contribution >= 4 is 23.1 Å². The molecule has 0 N–H and O–H groups in total. The number of nitrogens with zero attached hydrogens (tertiary/aromatic N) is 4. The molecule has 0 fully saturated rings. The molecule has 35 heavy (non-hydrogen) atoms. The zero-order valence-electron chi connectivity index (χ0n) is 17.5. The fraction of sp³-hybridized carbons (Fsp3) is 0. The van der Waals surface area contributed by atoms with Gasteiger partial charge in [-0.15, -0.1) is 0 Å². The summed E-state index contributed by atoms with van der Waals surface area (Å²) in [6.45, 7) is 0. The van der Waals surface area contributed by atoms with E-state index in [0.717, 1.165) is 0 Å². The molecule has 2 aliphatic carbocycles. The molecule has 8 nitrogen and oxygen atoms in total. The standard InChI is InChI=1S/2C12H6N2O2.2ClH.Ru/c2*15-11-7-3-1-5-13-9(7)10-8(12(11)16)4-2-6-14-10;;;/h2*1-6H;2*1H;/q;;;;+2/p-2. The molecule has 0 spiro atoms. The second-order valence-corrected chi connectivity index (χ2v) is 6.91. The summed E-state index contributed by atoms with van der Waals surface area (Å²) in [5.74, 6) is -2.04. The van der Waals surface area contributed by atoms with Gasteiger partial charge >= 0.3 is 19.5 Å². The number of halogens is 2. The second-order valence-electron chi connectivity index (χ2n) is 6.91. The third kappa shape index (κ3) is 4.71. The normalized spacial score (nSPS) is 12.1. The van der Waals surface area contributed by atoms with E-state index in [4.69, 9.17) is 0 Å². The van der Waals surface area contributed by atoms with Crippen LogP contribution in [-0.2, 0) is 19.5 Å². The fourth-order valence-corrected chi connectivity index (χ4v) is 3.60. The van der Waals surface area contributed by atoms with Gasteiger partial charge in [-0.1, -0.05) is 0 Å². The van der Waals surface area contributed by atoms with Crippen molar-refractivity contribution < 1.29 is 63.5 Å². The van der Waals surface area contributed by atoms with Gasteiger partial charge in [0.1, 0.15) is 22.8 Å². The Kier molecular flexibility index (Phi) is 8.93. The maximum atomic E-state index is 11.8. The Balaban J connectivity index is 0.000000227. The predicted molar refractivity (Wildman–Crippen MR) is 112 cm³/mol. The predicted octanol–water partition coefficient (Wildman–Crippen LogP) is -2.95. The van der Waals surface area contributed by atoms with E-state index in [2.05, 4.69) is 19.9 Å². The van der Waals surface area contributed by atoms with Crippen LogP contribution in [0.4, 0.5) is 0 Å². The first-order chi connectivity index (χ1) is 15.6. The summed E-state index contributed by atoms with van der Waals surface area (Å²) in [5.41, 5.74) is 3.28. The van der Waals surface area contributed by atoms with Crippen LogP contribution in [0.3, 0.4) is 0 Å². The van der Waals surface area contributed by atoms with Gasteiger partial charge in [0.25, 0.3) is 0 Å². The number of carbonyl (C=O) groups excluding carboxylic acids is 4. The molecule has 0 aliphatic heterocycles. The van der Waals surface area contributed by atoms with Crippen LogP contribution in [-0.4, -0.2) is 43.1 Å². The molecule has 0 radical (unpaired) electrons. The minimum Gasteiger partial charge on any atom is -1.00 e. The topological polar surface area (TPSA) is 120 Å². The number of pyridine rings is 4. The third-order valence-electron chi connectivity index (χ3n) is 5.07. The fourth-order valence-electron chi connectivity index (χ4n) is 3.60. The Morgan fingerprint density at radius 1 is 0.400 bits per heavy atom. The van der Waals surface area contributed by atoms with Gasteiger partial charge < -0.3 is 24.8 Å². The van der Waals surface area contributed by atoms with Gasteiger partial charge in [-0.05, 0) is 48.5 Å². The summed E-state index contributed by atoms with van der Waals surface area (Å²) in [5, 5.41) is 0. The zero-order chi connectivity index (χ0) is 22.2. The van der Waals surface area contributed by atoms with Gasteiger partial charge in [-0.3, -0.25) is 39.1 Å². The molecule has 0 aromatic carbocycles. The van der Waals surface area contributed by atoms with Crippen molar-refractivity contribution in [2.24, 2.45) is 0 Å². The van der Waals surface area contributed by atoms with E-state index in [9.17, 15) is 19.2 Å². The molecule has 4 aromatic heterocycles. The van der Waals surface area contributed by atoms with Crippen molar-refractivity contribution in [1.29, 1.82) is 0 Å². The van der Waals surface area contributed by atoms with E-state index in [-0.39, 0.29) is 44.3 Å². The molecular formula is C24H12Cl2N4O4Ru. The number of carbonyl (C=O) groups is 4. The van der Waals surface area contributed by atoms with Gasteiger partial charge in [-0.25, -0.2) is 0 Å². The first-order valence-electron chi connectivity index (χ1n) is 9.57. The first-order valence-corrected chi connectivity index (χ1v) is 9.57. The maximum Gasteiger partial charge on any atom is 2.00 e. The average Bonchev–Trinajstić information content (AvgIpc) is 2.86. The van der Waals surface area contributed by atoms with Crippen LogP contribution in [0.1, 0.15) is 41.4 Å². The summed E-state index contributed by atoms with van der Waals surface area (Å²) in [6, 6.07) is 12.9. The number of hydrogen-bond donors (Lipinski definition) is 0. The Hall–Kier alpha value is -3.52. The van der Waals surface area contributed by atoms with Gasteiger partial charge in [0.15, 0.2) is 0 Å². The molecule has 0 atom stereocenters. The summed E-state index contributed by atoms with van der Waals surface area (Å²) >= 11 is 0. The number of hydrogen-bond acceptors (Lipinski definition) is 8. The van der Waals surface area contributed by atoms with Crippen LogP contribution in [0.25, 0.3) is 22.8 Å². The van der Waals surface area contributed by atoms with Gasteiger partial charge in [0.05, 0.1) is 22.3 Å². The summed E-state index contributed by atoms with van der Waals surface area (Å²) in [4.78, 5) is 63.5. The Morgan fingerprint density at radius 3 is 0.800 bits per heavy atom. The molecule has 0 bridgehead atoms. The molecule has 0 saturated heterocycles. The van der Waals surface area contributed by atoms with E-state index in [1.165, 1.54) is 0 Å². The van der Waals surface area contributed by atoms with Crippen molar-refractivity contribution in [3.05, 3.63) is 95.6 Å². The van der Waals surface area contributed by atoms with E-state index < -0.39 is 23.1 Å². The minimum absolute atomic E-state index is 0. The zero-order valence-corrected chi connectivity index (χ0v) is 20.7. The van der Waals surface area contributed by atoms with E-state index in [1.54, 1.807) is 73.3 Å². The van der Waals surface area contributed by atoms with Crippen molar-refractivity contribution in [2.45, 2.75) is 0 Å². The van der Waals surface area contributed by atoms with E-state index >= 15 is 0 Å². The van der Waals surface area contributed by atoms with Crippen LogP contribution < -0.4 is 24.8 Å². The van der Waals surface area contributed by atoms with E-state index in [1.807, 2.05) is 0 Å². The minimum atomic E-state index is -0.511. The molecule has 0 amide bonds. The van der Waals surface area contributed by atoms with Gasteiger partial charge in [-0.2, -0.15) is 0 Å². The smallest absolute Gasteiger partial charge is 1.00 e. The van der Waals surface area contributed by atoms with Crippen molar-refractivity contribution in [2.75, 3.05) is 0 Å². The number of Topliss-reactive ketones (excluding diaryl/α,β-unsaturated/α-hetero) is 4. The monoisotopic (exact) mass is 592 g/mol. The van der Waals surface area contributed by atoms with Gasteiger partial charge in [0, 0.05) is 24.8 Å². The molecule has 2 aliphatic rings. The molecule has 4 aromatic rings. The maximum absolute atomic E-state index is 11.8. The summed E-state index contributed by atoms with van der Waals surface area (Å²) in [6.07, 6.45) is 6.33. The Morgan fingerprint density at radius 2 is 0.600 bits per heavy atom. The molecule has 4 heterocycles. The van der Waals surface area contributed by atoms with E-state index in [0.29, 0.717) is 45.0 Å². The SMILES string of the molecule is O=C1C(=O)c2cccnc2-c2ncccc21.O=C1C(=O)c2cccnc2-c2ncccc21.[Cl-].[Cl-].[Ru+2]. The molecule has 174 valence electrons. The van der Waals surface area contributed by atoms with Crippen LogP contribution in [0.5, 0.6) is 0 Å². The van der Waals surface area contributed by atoms with Crippen molar-refractivity contribution in [1.82, 2.24) is 19.9 Å².